The van der Waals surface area contributed by atoms with Crippen molar-refractivity contribution >= 4 is 33.0 Å². The lowest BCUT2D eigenvalue weighted by Gasteiger charge is -2.24. The van der Waals surface area contributed by atoms with E-state index in [-0.39, 0.29) is 16.8 Å². The average molecular weight is 441 g/mol. The fraction of sp³-hybridized carbons (Fsp3) is 0.261. The van der Waals surface area contributed by atoms with Crippen LogP contribution in [0.4, 0.5) is 5.69 Å². The summed E-state index contributed by atoms with van der Waals surface area (Å²) in [6.45, 7) is 2.66. The minimum atomic E-state index is -3.66. The van der Waals surface area contributed by atoms with E-state index >= 15 is 0 Å². The van der Waals surface area contributed by atoms with E-state index in [0.717, 1.165) is 24.9 Å². The van der Waals surface area contributed by atoms with Gasteiger partial charge >= 0.3 is 0 Å². The Hall–Kier alpha value is -2.64. The molecule has 7 heteroatoms. The van der Waals surface area contributed by atoms with Crippen molar-refractivity contribution in [2.24, 2.45) is 0 Å². The summed E-state index contributed by atoms with van der Waals surface area (Å²) < 4.78 is 27.0. The SMILES string of the molecule is Cc1ccc(S(=O)(=O)N(C)c2ccc(C(=O)N3CCCC3c3cccs3)cc2)cc1. The highest BCUT2D eigenvalue weighted by molar-refractivity contribution is 7.92. The molecule has 156 valence electrons. The molecule has 0 spiro atoms. The molecular formula is C23H24N2O3S2. The van der Waals surface area contributed by atoms with Gasteiger partial charge in [0.15, 0.2) is 0 Å². The standard InChI is InChI=1S/C23H24N2O3S2/c1-17-7-13-20(14-8-17)30(27,28)24(2)19-11-9-18(10-12-19)23(26)25-15-3-5-21(25)22-6-4-16-29-22/h4,6-14,16,21H,3,5,15H2,1-2H3. The topological polar surface area (TPSA) is 57.7 Å². The van der Waals surface area contributed by atoms with Crippen LogP contribution in [-0.4, -0.2) is 32.8 Å². The number of carbonyl (C=O) groups excluding carboxylic acids is 1. The van der Waals surface area contributed by atoms with Crippen LogP contribution in [0.15, 0.2) is 70.9 Å². The second-order valence-electron chi connectivity index (χ2n) is 7.50. The number of sulfonamides is 1. The Kier molecular flexibility index (Phi) is 5.66. The number of aryl methyl sites for hydroxylation is 1. The summed E-state index contributed by atoms with van der Waals surface area (Å²) in [6.07, 6.45) is 1.96. The molecule has 1 saturated heterocycles. The van der Waals surface area contributed by atoms with Crippen molar-refractivity contribution < 1.29 is 13.2 Å². The molecule has 2 heterocycles. The molecule has 1 amide bonds. The highest BCUT2D eigenvalue weighted by atomic mass is 32.2. The molecule has 0 radical (unpaired) electrons. The van der Waals surface area contributed by atoms with Crippen LogP contribution in [0, 0.1) is 6.92 Å². The van der Waals surface area contributed by atoms with Crippen molar-refractivity contribution in [3.63, 3.8) is 0 Å². The van der Waals surface area contributed by atoms with Crippen molar-refractivity contribution in [2.45, 2.75) is 30.7 Å². The fourth-order valence-electron chi connectivity index (χ4n) is 3.77. The van der Waals surface area contributed by atoms with Gasteiger partial charge in [-0.2, -0.15) is 0 Å². The molecule has 1 fully saturated rings. The minimum Gasteiger partial charge on any atom is -0.331 e. The zero-order valence-corrected chi connectivity index (χ0v) is 18.6. The number of rotatable bonds is 5. The predicted molar refractivity (Wildman–Crippen MR) is 121 cm³/mol. The highest BCUT2D eigenvalue weighted by Crippen LogP contribution is 2.35. The van der Waals surface area contributed by atoms with Crippen molar-refractivity contribution in [3.05, 3.63) is 82.0 Å². The molecule has 1 aliphatic rings. The van der Waals surface area contributed by atoms with E-state index in [1.165, 1.54) is 16.2 Å². The van der Waals surface area contributed by atoms with Crippen molar-refractivity contribution in [1.29, 1.82) is 0 Å². The third kappa shape index (κ3) is 3.87. The Morgan fingerprint density at radius 2 is 1.77 bits per heavy atom. The molecule has 0 N–H and O–H groups in total. The molecule has 5 nitrogen and oxygen atoms in total. The number of thiophene rings is 1. The zero-order chi connectivity index (χ0) is 21.3. The number of likely N-dealkylation sites (tertiary alicyclic amines) is 1. The van der Waals surface area contributed by atoms with E-state index in [4.69, 9.17) is 0 Å². The van der Waals surface area contributed by atoms with Gasteiger partial charge < -0.3 is 4.90 Å². The second-order valence-corrected chi connectivity index (χ2v) is 10.5. The Balaban J connectivity index is 1.53. The number of carbonyl (C=O) groups is 1. The molecule has 0 aliphatic carbocycles. The van der Waals surface area contributed by atoms with Crippen molar-refractivity contribution in [3.8, 4) is 0 Å². The van der Waals surface area contributed by atoms with Crippen LogP contribution < -0.4 is 4.31 Å². The Morgan fingerprint density at radius 3 is 2.40 bits per heavy atom. The summed E-state index contributed by atoms with van der Waals surface area (Å²) in [6, 6.07) is 17.8. The summed E-state index contributed by atoms with van der Waals surface area (Å²) in [7, 11) is -2.13. The molecule has 1 atom stereocenters. The number of benzene rings is 2. The van der Waals surface area contributed by atoms with Gasteiger partial charge in [-0.3, -0.25) is 9.10 Å². The third-order valence-corrected chi connectivity index (χ3v) is 8.32. The average Bonchev–Trinajstić information content (AvgIpc) is 3.44. The molecule has 4 rings (SSSR count). The van der Waals surface area contributed by atoms with E-state index < -0.39 is 10.0 Å². The summed E-state index contributed by atoms with van der Waals surface area (Å²) >= 11 is 1.68. The summed E-state index contributed by atoms with van der Waals surface area (Å²) in [5, 5.41) is 2.04. The normalized spacial score (nSPS) is 16.6. The zero-order valence-electron chi connectivity index (χ0n) is 17.0. The molecule has 1 aliphatic heterocycles. The maximum Gasteiger partial charge on any atom is 0.264 e. The molecule has 1 aromatic heterocycles. The quantitative estimate of drug-likeness (QED) is 0.569. The van der Waals surface area contributed by atoms with Crippen LogP contribution in [0.25, 0.3) is 0 Å². The van der Waals surface area contributed by atoms with Crippen LogP contribution in [0.3, 0.4) is 0 Å². The predicted octanol–water partition coefficient (Wildman–Crippen LogP) is 4.86. The van der Waals surface area contributed by atoms with E-state index in [1.54, 1.807) is 59.9 Å². The van der Waals surface area contributed by atoms with E-state index in [2.05, 4.69) is 6.07 Å². The maximum atomic E-state index is 13.1. The smallest absolute Gasteiger partial charge is 0.264 e. The number of hydrogen-bond acceptors (Lipinski definition) is 4. The van der Waals surface area contributed by atoms with E-state index in [0.29, 0.717) is 11.3 Å². The lowest BCUT2D eigenvalue weighted by molar-refractivity contribution is 0.0738. The van der Waals surface area contributed by atoms with Gasteiger partial charge in [0.1, 0.15) is 0 Å². The molecule has 3 aromatic rings. The maximum absolute atomic E-state index is 13.1. The molecular weight excluding hydrogens is 416 g/mol. The molecule has 0 bridgehead atoms. The molecule has 0 saturated carbocycles. The second kappa shape index (κ2) is 8.24. The highest BCUT2D eigenvalue weighted by Gasteiger charge is 2.31. The van der Waals surface area contributed by atoms with Gasteiger partial charge in [0.25, 0.3) is 15.9 Å². The number of hydrogen-bond donors (Lipinski definition) is 0. The van der Waals surface area contributed by atoms with Gasteiger partial charge in [0, 0.05) is 24.0 Å². The summed E-state index contributed by atoms with van der Waals surface area (Å²) in [4.78, 5) is 16.5. The number of anilines is 1. The Morgan fingerprint density at radius 1 is 1.07 bits per heavy atom. The Labute approximate surface area is 181 Å². The first-order valence-electron chi connectivity index (χ1n) is 9.88. The first kappa shape index (κ1) is 20.6. The number of nitrogens with zero attached hydrogens (tertiary/aromatic N) is 2. The van der Waals surface area contributed by atoms with Gasteiger partial charge in [0.2, 0.25) is 0 Å². The van der Waals surface area contributed by atoms with Crippen LogP contribution >= 0.6 is 11.3 Å². The van der Waals surface area contributed by atoms with Gasteiger partial charge in [-0.15, -0.1) is 11.3 Å². The van der Waals surface area contributed by atoms with Crippen LogP contribution in [0.1, 0.15) is 39.7 Å². The first-order chi connectivity index (χ1) is 14.4. The minimum absolute atomic E-state index is 0.0125. The lowest BCUT2D eigenvalue weighted by atomic mass is 10.1. The third-order valence-electron chi connectivity index (χ3n) is 5.54. The van der Waals surface area contributed by atoms with Crippen molar-refractivity contribution in [1.82, 2.24) is 4.90 Å². The first-order valence-corrected chi connectivity index (χ1v) is 12.2. The molecule has 30 heavy (non-hydrogen) atoms. The van der Waals surface area contributed by atoms with Gasteiger partial charge in [-0.05, 0) is 67.6 Å². The van der Waals surface area contributed by atoms with Crippen LogP contribution in [-0.2, 0) is 10.0 Å². The Bertz CT molecular complexity index is 1120. The lowest BCUT2D eigenvalue weighted by Crippen LogP contribution is -2.30. The molecule has 2 aromatic carbocycles. The van der Waals surface area contributed by atoms with E-state index in [1.807, 2.05) is 23.3 Å². The monoisotopic (exact) mass is 440 g/mol. The van der Waals surface area contributed by atoms with Gasteiger partial charge in [-0.25, -0.2) is 8.42 Å². The summed E-state index contributed by atoms with van der Waals surface area (Å²) in [5.74, 6) is -0.0125. The van der Waals surface area contributed by atoms with Crippen LogP contribution in [0.5, 0.6) is 0 Å². The molecule has 1 unspecified atom stereocenters. The summed E-state index contributed by atoms with van der Waals surface area (Å²) in [5.41, 5.74) is 2.09. The van der Waals surface area contributed by atoms with Gasteiger partial charge in [-0.1, -0.05) is 23.8 Å². The fourth-order valence-corrected chi connectivity index (χ4v) is 5.84. The van der Waals surface area contributed by atoms with Crippen LogP contribution in [0.2, 0.25) is 0 Å². The van der Waals surface area contributed by atoms with Gasteiger partial charge in [0.05, 0.1) is 16.6 Å². The number of amides is 1. The largest absolute Gasteiger partial charge is 0.331 e. The van der Waals surface area contributed by atoms with Crippen molar-refractivity contribution in [2.75, 3.05) is 17.9 Å². The van der Waals surface area contributed by atoms with E-state index in [9.17, 15) is 13.2 Å².